The average Bonchev–Trinajstić information content (AvgIpc) is 2.34. The second-order valence-corrected chi connectivity index (χ2v) is 6.74. The number of nitrogens with zero attached hydrogens (tertiary/aromatic N) is 2. The molecule has 0 bridgehead atoms. The van der Waals surface area contributed by atoms with E-state index in [0.29, 0.717) is 12.6 Å². The molecule has 0 radical (unpaired) electrons. The second-order valence-electron chi connectivity index (χ2n) is 6.74. The maximum absolute atomic E-state index is 11.8. The van der Waals surface area contributed by atoms with Gasteiger partial charge in [-0.2, -0.15) is 0 Å². The van der Waals surface area contributed by atoms with Gasteiger partial charge < -0.3 is 19.9 Å². The first kappa shape index (κ1) is 17.2. The Morgan fingerprint density at radius 3 is 2.70 bits per heavy atom. The fraction of sp³-hybridized carbons (Fsp3) is 0.933. The third-order valence-electron chi connectivity index (χ3n) is 3.63. The van der Waals surface area contributed by atoms with E-state index < -0.39 is 5.60 Å². The van der Waals surface area contributed by atoms with Crippen molar-refractivity contribution in [3.63, 3.8) is 0 Å². The molecule has 5 heteroatoms. The minimum atomic E-state index is -0.427. The van der Waals surface area contributed by atoms with Gasteiger partial charge in [0, 0.05) is 32.7 Å². The molecule has 1 fully saturated rings. The fourth-order valence-corrected chi connectivity index (χ4v) is 2.35. The van der Waals surface area contributed by atoms with Crippen molar-refractivity contribution < 1.29 is 9.53 Å². The number of likely N-dealkylation sites (N-methyl/N-ethyl adjacent to an activating group) is 2. The smallest absolute Gasteiger partial charge is 0.410 e. The molecule has 1 rings (SSSR count). The lowest BCUT2D eigenvalue weighted by molar-refractivity contribution is 0.0299. The number of carbonyl (C=O) groups is 1. The van der Waals surface area contributed by atoms with E-state index in [4.69, 9.17) is 4.74 Å². The Morgan fingerprint density at radius 1 is 1.40 bits per heavy atom. The zero-order valence-electron chi connectivity index (χ0n) is 13.7. The first-order valence-electron chi connectivity index (χ1n) is 7.64. The quantitative estimate of drug-likeness (QED) is 0.784. The summed E-state index contributed by atoms with van der Waals surface area (Å²) in [4.78, 5) is 15.8. The van der Waals surface area contributed by atoms with Crippen LogP contribution in [0.2, 0.25) is 0 Å². The fourth-order valence-electron chi connectivity index (χ4n) is 2.35. The van der Waals surface area contributed by atoms with Gasteiger partial charge in [0.05, 0.1) is 0 Å². The van der Waals surface area contributed by atoms with Gasteiger partial charge in [-0.05, 0) is 47.2 Å². The van der Waals surface area contributed by atoms with E-state index in [-0.39, 0.29) is 6.09 Å². The average molecular weight is 285 g/mol. The number of carbonyl (C=O) groups excluding carboxylic acids is 1. The Labute approximate surface area is 123 Å². The van der Waals surface area contributed by atoms with Gasteiger partial charge in [0.2, 0.25) is 0 Å². The zero-order valence-corrected chi connectivity index (χ0v) is 13.7. The van der Waals surface area contributed by atoms with E-state index in [9.17, 15) is 4.79 Å². The highest BCUT2D eigenvalue weighted by Crippen LogP contribution is 2.13. The topological polar surface area (TPSA) is 44.8 Å². The highest BCUT2D eigenvalue weighted by Gasteiger charge is 2.20. The van der Waals surface area contributed by atoms with Gasteiger partial charge in [-0.3, -0.25) is 0 Å². The van der Waals surface area contributed by atoms with Crippen molar-refractivity contribution in [1.82, 2.24) is 15.1 Å². The van der Waals surface area contributed by atoms with Crippen molar-refractivity contribution in [1.29, 1.82) is 0 Å². The van der Waals surface area contributed by atoms with Gasteiger partial charge in [-0.1, -0.05) is 6.42 Å². The summed E-state index contributed by atoms with van der Waals surface area (Å²) in [5, 5.41) is 3.44. The lowest BCUT2D eigenvalue weighted by Crippen LogP contribution is -2.45. The Hall–Kier alpha value is -0.810. The van der Waals surface area contributed by atoms with E-state index in [1.807, 2.05) is 20.8 Å². The summed E-state index contributed by atoms with van der Waals surface area (Å²) in [5.74, 6) is 0. The molecule has 1 heterocycles. The standard InChI is InChI=1S/C15H31N3O2/c1-15(2,3)20-14(19)18(5)11-9-16-12-13-8-6-7-10-17(13)4/h13,16H,6-12H2,1-5H3. The van der Waals surface area contributed by atoms with Crippen LogP contribution in [0.1, 0.15) is 40.0 Å². The molecule has 0 aliphatic carbocycles. The Balaban J connectivity index is 2.15. The van der Waals surface area contributed by atoms with Crippen LogP contribution in [0.5, 0.6) is 0 Å². The number of piperidine rings is 1. The predicted octanol–water partition coefficient (Wildman–Crippen LogP) is 1.93. The Kier molecular flexibility index (Phi) is 6.76. The number of ether oxygens (including phenoxy) is 1. The van der Waals surface area contributed by atoms with E-state index in [2.05, 4.69) is 17.3 Å². The molecule has 0 spiro atoms. The number of hydrogen-bond acceptors (Lipinski definition) is 4. The molecule has 1 aliphatic heterocycles. The molecular formula is C15H31N3O2. The normalized spacial score (nSPS) is 20.8. The van der Waals surface area contributed by atoms with E-state index in [1.165, 1.54) is 25.8 Å². The molecule has 1 N–H and O–H groups in total. The summed E-state index contributed by atoms with van der Waals surface area (Å²) in [5.41, 5.74) is -0.427. The predicted molar refractivity (Wildman–Crippen MR) is 82.0 cm³/mol. The number of nitrogens with one attached hydrogen (secondary N) is 1. The van der Waals surface area contributed by atoms with Crippen molar-refractivity contribution in [2.45, 2.75) is 51.7 Å². The second kappa shape index (κ2) is 7.84. The van der Waals surface area contributed by atoms with Crippen molar-refractivity contribution >= 4 is 6.09 Å². The molecular weight excluding hydrogens is 254 g/mol. The van der Waals surface area contributed by atoms with E-state index >= 15 is 0 Å². The third-order valence-corrected chi connectivity index (χ3v) is 3.63. The third kappa shape index (κ3) is 6.57. The van der Waals surface area contributed by atoms with Gasteiger partial charge >= 0.3 is 6.09 Å². The first-order valence-corrected chi connectivity index (χ1v) is 7.64. The molecule has 0 aromatic heterocycles. The molecule has 20 heavy (non-hydrogen) atoms. The molecule has 1 unspecified atom stereocenters. The monoisotopic (exact) mass is 285 g/mol. The molecule has 0 saturated carbocycles. The Morgan fingerprint density at radius 2 is 2.10 bits per heavy atom. The van der Waals surface area contributed by atoms with E-state index in [1.54, 1.807) is 11.9 Å². The van der Waals surface area contributed by atoms with Gasteiger partial charge in [-0.15, -0.1) is 0 Å². The number of amides is 1. The zero-order chi connectivity index (χ0) is 15.2. The van der Waals surface area contributed by atoms with Gasteiger partial charge in [0.15, 0.2) is 0 Å². The molecule has 0 aromatic rings. The van der Waals surface area contributed by atoms with Crippen LogP contribution in [0, 0.1) is 0 Å². The van der Waals surface area contributed by atoms with Crippen LogP contribution in [0.3, 0.4) is 0 Å². The summed E-state index contributed by atoms with van der Waals surface area (Å²) in [6.07, 6.45) is 3.66. The van der Waals surface area contributed by atoms with Crippen molar-refractivity contribution in [3.05, 3.63) is 0 Å². The van der Waals surface area contributed by atoms with Crippen LogP contribution in [0.4, 0.5) is 4.79 Å². The summed E-state index contributed by atoms with van der Waals surface area (Å²) in [6.45, 7) is 9.33. The molecule has 1 saturated heterocycles. The largest absolute Gasteiger partial charge is 0.444 e. The van der Waals surface area contributed by atoms with Crippen LogP contribution in [0.15, 0.2) is 0 Å². The van der Waals surface area contributed by atoms with Gasteiger partial charge in [0.25, 0.3) is 0 Å². The summed E-state index contributed by atoms with van der Waals surface area (Å²) in [6, 6.07) is 0.635. The van der Waals surface area contributed by atoms with Crippen molar-refractivity contribution in [3.8, 4) is 0 Å². The summed E-state index contributed by atoms with van der Waals surface area (Å²) < 4.78 is 5.31. The molecule has 1 amide bonds. The van der Waals surface area contributed by atoms with Crippen LogP contribution < -0.4 is 5.32 Å². The number of rotatable bonds is 5. The number of likely N-dealkylation sites (tertiary alicyclic amines) is 1. The minimum Gasteiger partial charge on any atom is -0.444 e. The highest BCUT2D eigenvalue weighted by molar-refractivity contribution is 5.67. The summed E-state index contributed by atoms with van der Waals surface area (Å²) in [7, 11) is 3.97. The van der Waals surface area contributed by atoms with Gasteiger partial charge in [0.1, 0.15) is 5.60 Å². The highest BCUT2D eigenvalue weighted by atomic mass is 16.6. The maximum Gasteiger partial charge on any atom is 0.410 e. The van der Waals surface area contributed by atoms with Crippen molar-refractivity contribution in [2.75, 3.05) is 40.3 Å². The minimum absolute atomic E-state index is 0.255. The molecule has 1 aliphatic rings. The molecule has 1 atom stereocenters. The number of hydrogen-bond donors (Lipinski definition) is 1. The molecule has 0 aromatic carbocycles. The van der Waals surface area contributed by atoms with Crippen LogP contribution >= 0.6 is 0 Å². The lowest BCUT2D eigenvalue weighted by Gasteiger charge is -2.32. The molecule has 5 nitrogen and oxygen atoms in total. The lowest BCUT2D eigenvalue weighted by atomic mass is 10.0. The maximum atomic E-state index is 11.8. The van der Waals surface area contributed by atoms with Crippen LogP contribution in [-0.2, 0) is 4.74 Å². The van der Waals surface area contributed by atoms with Crippen LogP contribution in [-0.4, -0.2) is 67.8 Å². The molecule has 118 valence electrons. The Bertz CT molecular complexity index is 302. The first-order chi connectivity index (χ1) is 9.29. The SMILES string of the molecule is CN(CCNCC1CCCCN1C)C(=O)OC(C)(C)C. The summed E-state index contributed by atoms with van der Waals surface area (Å²) >= 11 is 0. The van der Waals surface area contributed by atoms with Gasteiger partial charge in [-0.25, -0.2) is 4.79 Å². The van der Waals surface area contributed by atoms with Crippen molar-refractivity contribution in [2.24, 2.45) is 0 Å². The van der Waals surface area contributed by atoms with Crippen LogP contribution in [0.25, 0.3) is 0 Å². The van der Waals surface area contributed by atoms with E-state index in [0.717, 1.165) is 13.1 Å².